The number of sulfone groups is 1. The molecule has 0 spiro atoms. The normalized spacial score (nSPS) is 12.4. The van der Waals surface area contributed by atoms with Crippen LogP contribution in [0.2, 0.25) is 0 Å². The van der Waals surface area contributed by atoms with Crippen molar-refractivity contribution < 1.29 is 13.2 Å². The lowest BCUT2D eigenvalue weighted by Crippen LogP contribution is -2.32. The van der Waals surface area contributed by atoms with E-state index in [9.17, 15) is 8.42 Å². The lowest BCUT2D eigenvalue weighted by atomic mass is 10.2. The highest BCUT2D eigenvalue weighted by Gasteiger charge is 2.28. The van der Waals surface area contributed by atoms with Crippen molar-refractivity contribution in [1.82, 2.24) is 0 Å². The van der Waals surface area contributed by atoms with Crippen LogP contribution in [-0.4, -0.2) is 25.5 Å². The second-order valence-electron chi connectivity index (χ2n) is 5.09. The van der Waals surface area contributed by atoms with Gasteiger partial charge in [0.25, 0.3) is 0 Å². The zero-order chi connectivity index (χ0) is 13.8. The Labute approximate surface area is 109 Å². The first-order chi connectivity index (χ1) is 8.28. The van der Waals surface area contributed by atoms with Crippen molar-refractivity contribution in [3.8, 4) is 5.75 Å². The van der Waals surface area contributed by atoms with Gasteiger partial charge in [-0.15, -0.1) is 0 Å². The van der Waals surface area contributed by atoms with Gasteiger partial charge in [0.2, 0.25) is 0 Å². The van der Waals surface area contributed by atoms with Gasteiger partial charge >= 0.3 is 0 Å². The van der Waals surface area contributed by atoms with Crippen LogP contribution in [0, 0.1) is 0 Å². The summed E-state index contributed by atoms with van der Waals surface area (Å²) in [6.07, 6.45) is 0. The van der Waals surface area contributed by atoms with E-state index in [1.165, 1.54) is 0 Å². The Kier molecular flexibility index (Phi) is 4.76. The maximum atomic E-state index is 11.9. The largest absolute Gasteiger partial charge is 0.492 e. The Morgan fingerprint density at radius 3 is 2.39 bits per heavy atom. The van der Waals surface area contributed by atoms with Gasteiger partial charge in [0.1, 0.15) is 12.4 Å². The molecule has 0 atom stereocenters. The molecule has 0 aromatic heterocycles. The SMILES string of the molecule is CC(C)(C)S(=O)(=O)CCOc1ccccc1CN. The fraction of sp³-hybridized carbons (Fsp3) is 0.538. The number of hydrogen-bond acceptors (Lipinski definition) is 4. The number of nitrogens with two attached hydrogens (primary N) is 1. The molecule has 0 fully saturated rings. The van der Waals surface area contributed by atoms with Crippen LogP contribution in [0.15, 0.2) is 24.3 Å². The standard InChI is InChI=1S/C13H21NO3S/c1-13(2,3)18(15,16)9-8-17-12-7-5-4-6-11(12)10-14/h4-7H,8-10,14H2,1-3H3. The third-order valence-corrected chi connectivity index (χ3v) is 5.31. The summed E-state index contributed by atoms with van der Waals surface area (Å²) < 4.78 is 28.5. The van der Waals surface area contributed by atoms with Crippen LogP contribution >= 0.6 is 0 Å². The van der Waals surface area contributed by atoms with Crippen molar-refractivity contribution in [2.24, 2.45) is 5.73 Å². The average molecular weight is 271 g/mol. The molecular formula is C13H21NO3S. The Hall–Kier alpha value is -1.07. The molecule has 4 nitrogen and oxygen atoms in total. The second kappa shape index (κ2) is 5.71. The molecule has 0 amide bonds. The van der Waals surface area contributed by atoms with E-state index >= 15 is 0 Å². The average Bonchev–Trinajstić information content (AvgIpc) is 2.28. The van der Waals surface area contributed by atoms with Gasteiger partial charge in [0.15, 0.2) is 9.84 Å². The third-order valence-electron chi connectivity index (χ3n) is 2.74. The van der Waals surface area contributed by atoms with Crippen LogP contribution in [0.4, 0.5) is 0 Å². The lowest BCUT2D eigenvalue weighted by Gasteiger charge is -2.19. The van der Waals surface area contributed by atoms with Crippen molar-refractivity contribution >= 4 is 9.84 Å². The molecule has 18 heavy (non-hydrogen) atoms. The Morgan fingerprint density at radius 1 is 1.22 bits per heavy atom. The van der Waals surface area contributed by atoms with Crippen molar-refractivity contribution in [3.05, 3.63) is 29.8 Å². The van der Waals surface area contributed by atoms with Gasteiger partial charge in [-0.25, -0.2) is 8.42 Å². The van der Waals surface area contributed by atoms with E-state index in [1.54, 1.807) is 26.8 Å². The Balaban J connectivity index is 2.63. The molecule has 1 aromatic rings. The van der Waals surface area contributed by atoms with Crippen molar-refractivity contribution in [1.29, 1.82) is 0 Å². The molecule has 0 heterocycles. The first-order valence-corrected chi connectivity index (χ1v) is 7.56. The first kappa shape index (κ1) is 15.0. The van der Waals surface area contributed by atoms with Gasteiger partial charge < -0.3 is 10.5 Å². The van der Waals surface area contributed by atoms with Crippen LogP contribution in [-0.2, 0) is 16.4 Å². The number of para-hydroxylation sites is 1. The Bertz CT molecular complexity index is 489. The van der Waals surface area contributed by atoms with Gasteiger partial charge in [-0.3, -0.25) is 0 Å². The molecule has 0 bridgehead atoms. The minimum atomic E-state index is -3.14. The molecule has 0 saturated carbocycles. The fourth-order valence-electron chi connectivity index (χ4n) is 1.38. The molecule has 0 aliphatic heterocycles. The van der Waals surface area contributed by atoms with Crippen molar-refractivity contribution in [2.75, 3.05) is 12.4 Å². The monoisotopic (exact) mass is 271 g/mol. The van der Waals surface area contributed by atoms with Crippen LogP contribution in [0.1, 0.15) is 26.3 Å². The highest BCUT2D eigenvalue weighted by atomic mass is 32.2. The topological polar surface area (TPSA) is 69.4 Å². The molecule has 102 valence electrons. The molecule has 0 aliphatic rings. The molecule has 0 aliphatic carbocycles. The summed E-state index contributed by atoms with van der Waals surface area (Å²) in [6, 6.07) is 7.38. The zero-order valence-electron chi connectivity index (χ0n) is 11.1. The summed E-state index contributed by atoms with van der Waals surface area (Å²) >= 11 is 0. The van der Waals surface area contributed by atoms with Crippen LogP contribution in [0.5, 0.6) is 5.75 Å². The third kappa shape index (κ3) is 3.71. The summed E-state index contributed by atoms with van der Waals surface area (Å²) in [5.74, 6) is 0.666. The van der Waals surface area contributed by atoms with Crippen LogP contribution < -0.4 is 10.5 Å². The molecule has 0 radical (unpaired) electrons. The highest BCUT2D eigenvalue weighted by Crippen LogP contribution is 2.19. The van der Waals surface area contributed by atoms with Gasteiger partial charge in [-0.2, -0.15) is 0 Å². The molecule has 5 heteroatoms. The minimum absolute atomic E-state index is 0.00933. The number of benzene rings is 1. The predicted octanol–water partition coefficient (Wildman–Crippen LogP) is 1.74. The summed E-state index contributed by atoms with van der Waals surface area (Å²) in [5.41, 5.74) is 6.46. The summed E-state index contributed by atoms with van der Waals surface area (Å²) in [7, 11) is -3.14. The first-order valence-electron chi connectivity index (χ1n) is 5.91. The van der Waals surface area contributed by atoms with E-state index in [4.69, 9.17) is 10.5 Å². The van der Waals surface area contributed by atoms with E-state index < -0.39 is 14.6 Å². The van der Waals surface area contributed by atoms with Gasteiger partial charge in [0.05, 0.1) is 10.5 Å². The van der Waals surface area contributed by atoms with E-state index in [2.05, 4.69) is 0 Å². The van der Waals surface area contributed by atoms with Crippen LogP contribution in [0.3, 0.4) is 0 Å². The molecule has 1 rings (SSSR count). The molecular weight excluding hydrogens is 250 g/mol. The Morgan fingerprint density at radius 2 is 1.83 bits per heavy atom. The molecule has 0 saturated heterocycles. The number of hydrogen-bond donors (Lipinski definition) is 1. The maximum absolute atomic E-state index is 11.9. The smallest absolute Gasteiger partial charge is 0.158 e. The summed E-state index contributed by atoms with van der Waals surface area (Å²) in [6.45, 7) is 5.60. The maximum Gasteiger partial charge on any atom is 0.158 e. The van der Waals surface area contributed by atoms with Gasteiger partial charge in [-0.05, 0) is 26.8 Å². The second-order valence-corrected chi connectivity index (χ2v) is 7.95. The quantitative estimate of drug-likeness (QED) is 0.885. The lowest BCUT2D eigenvalue weighted by molar-refractivity contribution is 0.336. The van der Waals surface area contributed by atoms with Crippen molar-refractivity contribution in [2.45, 2.75) is 32.1 Å². The molecule has 2 N–H and O–H groups in total. The summed E-state index contributed by atoms with van der Waals surface area (Å²) in [4.78, 5) is 0. The zero-order valence-corrected chi connectivity index (χ0v) is 12.0. The van der Waals surface area contributed by atoms with E-state index in [0.717, 1.165) is 5.56 Å². The van der Waals surface area contributed by atoms with E-state index in [0.29, 0.717) is 12.3 Å². The minimum Gasteiger partial charge on any atom is -0.492 e. The van der Waals surface area contributed by atoms with E-state index in [-0.39, 0.29) is 12.4 Å². The van der Waals surface area contributed by atoms with E-state index in [1.807, 2.05) is 18.2 Å². The number of ether oxygens (including phenoxy) is 1. The number of rotatable bonds is 5. The van der Waals surface area contributed by atoms with Gasteiger partial charge in [0, 0.05) is 12.1 Å². The highest BCUT2D eigenvalue weighted by molar-refractivity contribution is 7.92. The molecule has 0 unspecified atom stereocenters. The van der Waals surface area contributed by atoms with Crippen molar-refractivity contribution in [3.63, 3.8) is 0 Å². The van der Waals surface area contributed by atoms with Gasteiger partial charge in [-0.1, -0.05) is 18.2 Å². The fourth-order valence-corrected chi connectivity index (χ4v) is 2.30. The summed E-state index contributed by atoms with van der Waals surface area (Å²) in [5, 5.41) is 0. The molecule has 1 aromatic carbocycles. The predicted molar refractivity (Wildman–Crippen MR) is 73.4 cm³/mol. The van der Waals surface area contributed by atoms with Crippen LogP contribution in [0.25, 0.3) is 0 Å².